The lowest BCUT2D eigenvalue weighted by Crippen LogP contribution is -2.60. The number of benzene rings is 1. The van der Waals surface area contributed by atoms with Gasteiger partial charge in [-0.05, 0) is 36.8 Å². The second-order valence-corrected chi connectivity index (χ2v) is 8.37. The molecule has 2 aliphatic heterocycles. The Morgan fingerprint density at radius 1 is 1.22 bits per heavy atom. The predicted octanol–water partition coefficient (Wildman–Crippen LogP) is 3.74. The van der Waals surface area contributed by atoms with E-state index in [0.717, 1.165) is 59.7 Å². The van der Waals surface area contributed by atoms with Gasteiger partial charge in [-0.2, -0.15) is 0 Å². The van der Waals surface area contributed by atoms with Gasteiger partial charge < -0.3 is 9.64 Å². The highest BCUT2D eigenvalue weighted by molar-refractivity contribution is 6.36. The zero-order chi connectivity index (χ0) is 19.0. The van der Waals surface area contributed by atoms with E-state index in [1.165, 1.54) is 0 Å². The van der Waals surface area contributed by atoms with E-state index in [9.17, 15) is 4.79 Å². The van der Waals surface area contributed by atoms with Crippen molar-refractivity contribution in [3.05, 3.63) is 57.8 Å². The zero-order valence-electron chi connectivity index (χ0n) is 15.1. The lowest BCUT2D eigenvalue weighted by molar-refractivity contribution is -0.161. The Labute approximate surface area is 168 Å². The van der Waals surface area contributed by atoms with Crippen LogP contribution in [0.25, 0.3) is 0 Å². The van der Waals surface area contributed by atoms with Crippen molar-refractivity contribution < 1.29 is 9.53 Å². The van der Waals surface area contributed by atoms with Gasteiger partial charge in [-0.1, -0.05) is 29.3 Å². The summed E-state index contributed by atoms with van der Waals surface area (Å²) in [7, 11) is 0. The van der Waals surface area contributed by atoms with Gasteiger partial charge in [0.2, 0.25) is 0 Å². The molecular formula is C20H21Cl2N3O2. The van der Waals surface area contributed by atoms with Gasteiger partial charge in [0.05, 0.1) is 17.6 Å². The van der Waals surface area contributed by atoms with E-state index >= 15 is 0 Å². The molecule has 0 amide bonds. The monoisotopic (exact) mass is 405 g/mol. The van der Waals surface area contributed by atoms with Crippen LogP contribution in [0.3, 0.4) is 0 Å². The summed E-state index contributed by atoms with van der Waals surface area (Å²) in [4.78, 5) is 19.6. The summed E-state index contributed by atoms with van der Waals surface area (Å²) in [6.45, 7) is 6.48. The molecule has 3 heterocycles. The number of carbonyl (C=O) groups is 1. The van der Waals surface area contributed by atoms with Crippen LogP contribution in [0.1, 0.15) is 24.1 Å². The molecule has 0 aliphatic carbocycles. The highest BCUT2D eigenvalue weighted by Gasteiger charge is 2.40. The van der Waals surface area contributed by atoms with E-state index in [0.29, 0.717) is 12.4 Å². The molecule has 7 heteroatoms. The molecule has 2 aromatic rings. The van der Waals surface area contributed by atoms with Gasteiger partial charge in [0, 0.05) is 48.7 Å². The fourth-order valence-electron chi connectivity index (χ4n) is 3.90. The second kappa shape index (κ2) is 7.30. The third-order valence-electron chi connectivity index (χ3n) is 5.30. The summed E-state index contributed by atoms with van der Waals surface area (Å²) in [6, 6.07) is 9.82. The largest absolute Gasteiger partial charge is 0.459 e. The molecule has 2 saturated heterocycles. The van der Waals surface area contributed by atoms with E-state index < -0.39 is 0 Å². The van der Waals surface area contributed by atoms with Crippen LogP contribution in [0.15, 0.2) is 36.5 Å². The van der Waals surface area contributed by atoms with Crippen LogP contribution in [0.4, 0.5) is 5.69 Å². The molecule has 0 spiro atoms. The Morgan fingerprint density at radius 2 is 1.93 bits per heavy atom. The number of pyridine rings is 1. The molecule has 0 bridgehead atoms. The number of hydrogen-bond acceptors (Lipinski definition) is 5. The fourth-order valence-corrected chi connectivity index (χ4v) is 4.61. The maximum atomic E-state index is 10.5. The third kappa shape index (κ3) is 3.77. The van der Waals surface area contributed by atoms with Gasteiger partial charge in [-0.15, -0.1) is 0 Å². The number of halogens is 2. The first-order chi connectivity index (χ1) is 13.0. The van der Waals surface area contributed by atoms with Crippen molar-refractivity contribution in [3.8, 4) is 0 Å². The zero-order valence-corrected chi connectivity index (χ0v) is 16.6. The van der Waals surface area contributed by atoms with E-state index in [1.54, 1.807) is 0 Å². The number of aromatic nitrogens is 1. The minimum absolute atomic E-state index is 0.350. The van der Waals surface area contributed by atoms with Gasteiger partial charge in [-0.3, -0.25) is 14.7 Å². The molecule has 4 rings (SSSR count). The van der Waals surface area contributed by atoms with Crippen LogP contribution in [-0.2, 0) is 16.1 Å². The van der Waals surface area contributed by atoms with Crippen LogP contribution < -0.4 is 4.90 Å². The Morgan fingerprint density at radius 3 is 2.52 bits per heavy atom. The smallest absolute Gasteiger partial charge is 0.293 e. The Kier molecular flexibility index (Phi) is 5.01. The lowest BCUT2D eigenvalue weighted by atomic mass is 9.91. The first-order valence-corrected chi connectivity index (χ1v) is 9.71. The average Bonchev–Trinajstić information content (AvgIpc) is 2.56. The summed E-state index contributed by atoms with van der Waals surface area (Å²) < 4.78 is 5.10. The molecular weight excluding hydrogens is 385 g/mol. The molecule has 1 aromatic carbocycles. The number of carbonyl (C=O) groups excluding carboxylic acids is 1. The predicted molar refractivity (Wildman–Crippen MR) is 106 cm³/mol. The molecule has 0 unspecified atom stereocenters. The number of nitrogens with zero attached hydrogens (tertiary/aromatic N) is 3. The van der Waals surface area contributed by atoms with Crippen molar-refractivity contribution in [3.63, 3.8) is 0 Å². The SMILES string of the molecule is CC1(OC=O)CN(Cc2ccc(N3CC(c4c(Cl)cccc4Cl)C3)cn2)C1. The summed E-state index contributed by atoms with van der Waals surface area (Å²) >= 11 is 12.6. The molecule has 0 atom stereocenters. The Hall–Kier alpha value is -1.82. The van der Waals surface area contributed by atoms with Crippen LogP contribution in [-0.4, -0.2) is 48.1 Å². The van der Waals surface area contributed by atoms with Crippen LogP contribution in [0, 0.1) is 0 Å². The molecule has 142 valence electrons. The molecule has 2 aliphatic rings. The van der Waals surface area contributed by atoms with Crippen molar-refractivity contribution in [2.24, 2.45) is 0 Å². The highest BCUT2D eigenvalue weighted by Crippen LogP contribution is 2.38. The lowest BCUT2D eigenvalue weighted by Gasteiger charge is -2.46. The van der Waals surface area contributed by atoms with Gasteiger partial charge in [0.1, 0.15) is 5.60 Å². The third-order valence-corrected chi connectivity index (χ3v) is 5.96. The molecule has 0 radical (unpaired) electrons. The van der Waals surface area contributed by atoms with Crippen LogP contribution in [0.5, 0.6) is 0 Å². The first kappa shape index (κ1) is 18.5. The average molecular weight is 406 g/mol. The highest BCUT2D eigenvalue weighted by atomic mass is 35.5. The Bertz CT molecular complexity index is 811. The number of hydrogen-bond donors (Lipinski definition) is 0. The summed E-state index contributed by atoms with van der Waals surface area (Å²) in [5.74, 6) is 0.350. The second-order valence-electron chi connectivity index (χ2n) is 7.55. The number of anilines is 1. The standard InChI is InChI=1S/C20H21Cl2N3O2/c1-20(27-13-26)11-24(12-20)10-15-5-6-16(7-23-15)25-8-14(9-25)19-17(21)3-2-4-18(19)22/h2-7,13-14H,8-12H2,1H3. The van der Waals surface area contributed by atoms with Gasteiger partial charge >= 0.3 is 0 Å². The number of likely N-dealkylation sites (tertiary alicyclic amines) is 1. The van der Waals surface area contributed by atoms with Crippen LogP contribution in [0.2, 0.25) is 10.0 Å². The van der Waals surface area contributed by atoms with E-state index in [4.69, 9.17) is 27.9 Å². The minimum Gasteiger partial charge on any atom is -0.459 e. The summed E-state index contributed by atoms with van der Waals surface area (Å²) in [5.41, 5.74) is 2.81. The Balaban J connectivity index is 1.31. The maximum absolute atomic E-state index is 10.5. The number of rotatable bonds is 6. The molecule has 1 aromatic heterocycles. The first-order valence-electron chi connectivity index (χ1n) is 8.95. The van der Waals surface area contributed by atoms with Crippen molar-refractivity contribution in [1.82, 2.24) is 9.88 Å². The fraction of sp³-hybridized carbons (Fsp3) is 0.400. The minimum atomic E-state index is -0.353. The van der Waals surface area contributed by atoms with Gasteiger partial charge in [0.15, 0.2) is 0 Å². The molecule has 0 N–H and O–H groups in total. The molecule has 0 saturated carbocycles. The maximum Gasteiger partial charge on any atom is 0.293 e. The molecule has 2 fully saturated rings. The van der Waals surface area contributed by atoms with Crippen molar-refractivity contribution in [1.29, 1.82) is 0 Å². The van der Waals surface area contributed by atoms with Crippen molar-refractivity contribution in [2.45, 2.75) is 25.0 Å². The normalized spacial score (nSPS) is 19.3. The molecule has 27 heavy (non-hydrogen) atoms. The topological polar surface area (TPSA) is 45.7 Å². The van der Waals surface area contributed by atoms with Crippen molar-refractivity contribution >= 4 is 35.4 Å². The van der Waals surface area contributed by atoms with E-state index in [1.807, 2.05) is 31.3 Å². The van der Waals surface area contributed by atoms with Crippen LogP contribution >= 0.6 is 23.2 Å². The van der Waals surface area contributed by atoms with E-state index in [2.05, 4.69) is 26.9 Å². The van der Waals surface area contributed by atoms with E-state index in [-0.39, 0.29) is 5.60 Å². The quantitative estimate of drug-likeness (QED) is 0.684. The molecule has 5 nitrogen and oxygen atoms in total. The summed E-state index contributed by atoms with van der Waals surface area (Å²) in [5, 5.41) is 1.47. The number of ether oxygens (including phenoxy) is 1. The van der Waals surface area contributed by atoms with Gasteiger partial charge in [-0.25, -0.2) is 0 Å². The van der Waals surface area contributed by atoms with Crippen molar-refractivity contribution in [2.75, 3.05) is 31.1 Å². The van der Waals surface area contributed by atoms with Gasteiger partial charge in [0.25, 0.3) is 6.47 Å². The summed E-state index contributed by atoms with van der Waals surface area (Å²) in [6.07, 6.45) is 1.92.